The van der Waals surface area contributed by atoms with Gasteiger partial charge in [0.05, 0.1) is 0 Å². The van der Waals surface area contributed by atoms with E-state index >= 15 is 0 Å². The zero-order valence-electron chi connectivity index (χ0n) is 19.0. The summed E-state index contributed by atoms with van der Waals surface area (Å²) in [6, 6.07) is 4.31. The van der Waals surface area contributed by atoms with E-state index in [9.17, 15) is 13.2 Å². The Morgan fingerprint density at radius 3 is 2.54 bits per heavy atom. The zero-order valence-corrected chi connectivity index (χ0v) is 19.7. The lowest BCUT2D eigenvalue weighted by molar-refractivity contribution is 0.374. The molecule has 2 fully saturated rings. The van der Waals surface area contributed by atoms with Crippen molar-refractivity contribution in [2.45, 2.75) is 50.6 Å². The highest BCUT2D eigenvalue weighted by Crippen LogP contribution is 2.40. The van der Waals surface area contributed by atoms with Crippen LogP contribution in [0.15, 0.2) is 24.5 Å². The van der Waals surface area contributed by atoms with Crippen LogP contribution < -0.4 is 10.2 Å². The summed E-state index contributed by atoms with van der Waals surface area (Å²) in [6.45, 7) is 2.35. The van der Waals surface area contributed by atoms with Gasteiger partial charge in [0.15, 0.2) is 17.5 Å². The molecular formula is C24H25ClF3N7. The number of hydrogen-bond donors (Lipinski definition) is 1. The molecule has 0 spiro atoms. The van der Waals surface area contributed by atoms with Crippen molar-refractivity contribution in [1.29, 1.82) is 0 Å². The molecule has 3 aromatic rings. The summed E-state index contributed by atoms with van der Waals surface area (Å²) in [6.07, 6.45) is 5.96. The summed E-state index contributed by atoms with van der Waals surface area (Å²) in [5.74, 6) is -1.52. The first-order valence-electron chi connectivity index (χ1n) is 12.0. The zero-order chi connectivity index (χ0) is 24.1. The summed E-state index contributed by atoms with van der Waals surface area (Å²) < 4.78 is 44.0. The minimum Gasteiger partial charge on any atom is -0.356 e. The van der Waals surface area contributed by atoms with Gasteiger partial charge in [-0.15, -0.1) is 5.10 Å². The van der Waals surface area contributed by atoms with Crippen LogP contribution in [0.25, 0.3) is 0 Å². The molecule has 1 saturated carbocycles. The second-order valence-electron chi connectivity index (χ2n) is 9.70. The smallest absolute Gasteiger partial charge is 0.242 e. The molecule has 7 nitrogen and oxygen atoms in total. The van der Waals surface area contributed by atoms with Crippen molar-refractivity contribution < 1.29 is 13.2 Å². The van der Waals surface area contributed by atoms with Crippen LogP contribution >= 0.6 is 11.6 Å². The van der Waals surface area contributed by atoms with Crippen LogP contribution in [0.3, 0.4) is 0 Å². The number of rotatable bonds is 4. The summed E-state index contributed by atoms with van der Waals surface area (Å²) in [5, 5.41) is 8.67. The average molecular weight is 504 g/mol. The van der Waals surface area contributed by atoms with Gasteiger partial charge in [0, 0.05) is 43.2 Å². The lowest BCUT2D eigenvalue weighted by Crippen LogP contribution is -2.48. The van der Waals surface area contributed by atoms with E-state index in [2.05, 4.69) is 25.3 Å². The van der Waals surface area contributed by atoms with Crippen molar-refractivity contribution in [2.75, 3.05) is 23.3 Å². The van der Waals surface area contributed by atoms with Crippen molar-refractivity contribution in [3.05, 3.63) is 58.5 Å². The summed E-state index contributed by atoms with van der Waals surface area (Å²) in [5.41, 5.74) is 0.128. The molecule has 184 valence electrons. The number of fused-ring (bicyclic) bond motifs is 3. The highest BCUT2D eigenvalue weighted by Gasteiger charge is 2.43. The van der Waals surface area contributed by atoms with E-state index in [1.165, 1.54) is 12.4 Å². The minimum absolute atomic E-state index is 0.128. The summed E-state index contributed by atoms with van der Waals surface area (Å²) in [7, 11) is 0. The van der Waals surface area contributed by atoms with Crippen molar-refractivity contribution in [3.8, 4) is 0 Å². The molecule has 4 atom stereocenters. The van der Waals surface area contributed by atoms with Crippen LogP contribution in [0.2, 0.25) is 5.15 Å². The normalized spacial score (nSPS) is 25.9. The maximum atomic E-state index is 14.7. The molecule has 3 aliphatic rings. The predicted octanol–water partition coefficient (Wildman–Crippen LogP) is 4.78. The second-order valence-corrected chi connectivity index (χ2v) is 10.1. The number of benzene rings is 1. The van der Waals surface area contributed by atoms with Gasteiger partial charge in [-0.1, -0.05) is 24.1 Å². The van der Waals surface area contributed by atoms with Crippen LogP contribution in [0.1, 0.15) is 49.4 Å². The van der Waals surface area contributed by atoms with Gasteiger partial charge in [-0.3, -0.25) is 0 Å². The number of nitrogens with one attached hydrogen (secondary N) is 1. The number of nitrogens with zero attached hydrogens (tertiary/aromatic N) is 6. The quantitative estimate of drug-likeness (QED) is 0.408. The lowest BCUT2D eigenvalue weighted by Gasteiger charge is -2.38. The third kappa shape index (κ3) is 4.11. The van der Waals surface area contributed by atoms with Crippen molar-refractivity contribution in [1.82, 2.24) is 24.7 Å². The van der Waals surface area contributed by atoms with Crippen LogP contribution in [0, 0.1) is 29.3 Å². The molecule has 1 N–H and O–H groups in total. The molecule has 0 radical (unpaired) electrons. The molecule has 1 saturated heterocycles. The first-order valence-corrected chi connectivity index (χ1v) is 12.4. The number of aryl methyl sites for hydroxylation is 1. The molecule has 11 heteroatoms. The van der Waals surface area contributed by atoms with Crippen molar-refractivity contribution in [2.24, 2.45) is 11.8 Å². The van der Waals surface area contributed by atoms with Gasteiger partial charge in [-0.05, 0) is 43.6 Å². The Labute approximate surface area is 205 Å². The van der Waals surface area contributed by atoms with Crippen LogP contribution in [-0.2, 0) is 6.54 Å². The fourth-order valence-electron chi connectivity index (χ4n) is 5.97. The van der Waals surface area contributed by atoms with E-state index in [0.717, 1.165) is 50.7 Å². The molecule has 4 heterocycles. The minimum atomic E-state index is -1.44. The average Bonchev–Trinajstić information content (AvgIpc) is 3.25. The highest BCUT2D eigenvalue weighted by atomic mass is 35.5. The number of aromatic nitrogens is 5. The SMILES string of the molecule is Fc1ccc([C@@H]2CCCCn3nc(NC4[C@@H]5CC[C@H]4CN(c4cc(Cl)ncn4)C5)nc32)c(F)c1F. The van der Waals surface area contributed by atoms with Gasteiger partial charge >= 0.3 is 0 Å². The molecule has 1 aliphatic carbocycles. The van der Waals surface area contributed by atoms with Gasteiger partial charge in [0.1, 0.15) is 23.1 Å². The Hall–Kier alpha value is -2.88. The Kier molecular flexibility index (Phi) is 5.78. The Bertz CT molecular complexity index is 1240. The number of anilines is 2. The van der Waals surface area contributed by atoms with Crippen molar-refractivity contribution in [3.63, 3.8) is 0 Å². The van der Waals surface area contributed by atoms with Crippen LogP contribution in [0.4, 0.5) is 24.9 Å². The molecule has 0 amide bonds. The standard InChI is InChI=1S/C24H25ClF3N7/c25-18-9-19(30-12-29-18)34-10-13-4-5-14(11-34)22(13)31-24-32-23-16(3-1-2-8-35(23)33-24)15-6-7-17(26)21(28)20(15)27/h6-7,9,12-14,16,22H,1-5,8,10-11H2,(H,31,33)/t13-,14+,16-,22?/m0/s1. The molecule has 6 rings (SSSR count). The predicted molar refractivity (Wildman–Crippen MR) is 125 cm³/mol. The first kappa shape index (κ1) is 22.6. The summed E-state index contributed by atoms with van der Waals surface area (Å²) in [4.78, 5) is 15.4. The number of hydrogen-bond acceptors (Lipinski definition) is 6. The third-order valence-electron chi connectivity index (χ3n) is 7.64. The molecule has 2 aliphatic heterocycles. The van der Waals surface area contributed by atoms with E-state index in [-0.39, 0.29) is 11.6 Å². The van der Waals surface area contributed by atoms with Crippen LogP contribution in [-0.4, -0.2) is 43.9 Å². The first-order chi connectivity index (χ1) is 17.0. The second kappa shape index (κ2) is 8.96. The van der Waals surface area contributed by atoms with E-state index < -0.39 is 23.4 Å². The van der Waals surface area contributed by atoms with Gasteiger partial charge in [-0.2, -0.15) is 4.98 Å². The monoisotopic (exact) mass is 503 g/mol. The highest BCUT2D eigenvalue weighted by molar-refractivity contribution is 6.29. The fraction of sp³-hybridized carbons (Fsp3) is 0.500. The van der Waals surface area contributed by atoms with Crippen molar-refractivity contribution >= 4 is 23.4 Å². The summed E-state index contributed by atoms with van der Waals surface area (Å²) >= 11 is 6.06. The molecule has 2 aromatic heterocycles. The molecule has 35 heavy (non-hydrogen) atoms. The van der Waals surface area contributed by atoms with Gasteiger partial charge in [-0.25, -0.2) is 27.8 Å². The number of halogens is 4. The van der Waals surface area contributed by atoms with E-state index in [0.29, 0.717) is 41.7 Å². The van der Waals surface area contributed by atoms with E-state index in [1.54, 1.807) is 10.7 Å². The van der Waals surface area contributed by atoms with E-state index in [1.807, 2.05) is 0 Å². The maximum Gasteiger partial charge on any atom is 0.242 e. The largest absolute Gasteiger partial charge is 0.356 e. The molecule has 2 bridgehead atoms. The Balaban J connectivity index is 1.24. The van der Waals surface area contributed by atoms with Crippen LogP contribution in [0.5, 0.6) is 0 Å². The third-order valence-corrected chi connectivity index (χ3v) is 7.84. The Morgan fingerprint density at radius 1 is 0.971 bits per heavy atom. The number of piperidine rings is 1. The lowest BCUT2D eigenvalue weighted by atomic mass is 9.92. The van der Waals surface area contributed by atoms with E-state index in [4.69, 9.17) is 16.6 Å². The van der Waals surface area contributed by atoms with Gasteiger partial charge in [0.2, 0.25) is 5.95 Å². The Morgan fingerprint density at radius 2 is 1.77 bits per heavy atom. The van der Waals surface area contributed by atoms with Gasteiger partial charge < -0.3 is 10.2 Å². The van der Waals surface area contributed by atoms with Gasteiger partial charge in [0.25, 0.3) is 0 Å². The maximum absolute atomic E-state index is 14.7. The topological polar surface area (TPSA) is 71.8 Å². The fourth-order valence-corrected chi connectivity index (χ4v) is 6.11. The molecule has 1 unspecified atom stereocenters. The molecule has 1 aromatic carbocycles. The molecular weight excluding hydrogens is 479 g/mol.